The predicted octanol–water partition coefficient (Wildman–Crippen LogP) is 3.93. The van der Waals surface area contributed by atoms with Gasteiger partial charge in [-0.25, -0.2) is 4.79 Å². The molecule has 25 heavy (non-hydrogen) atoms. The lowest BCUT2D eigenvalue weighted by Crippen LogP contribution is -2.40. The normalized spacial score (nSPS) is 17.8. The summed E-state index contributed by atoms with van der Waals surface area (Å²) in [6, 6.07) is 5.83. The van der Waals surface area contributed by atoms with Crippen molar-refractivity contribution in [3.8, 4) is 0 Å². The van der Waals surface area contributed by atoms with Crippen LogP contribution in [0.15, 0.2) is 18.2 Å². The Bertz CT molecular complexity index is 634. The molecule has 0 radical (unpaired) electrons. The third kappa shape index (κ3) is 4.33. The quantitative estimate of drug-likeness (QED) is 0.851. The fraction of sp³-hybridized carbons (Fsp3) is 0.600. The molecule has 3 amide bonds. The monoisotopic (exact) mass is 343 g/mol. The molecule has 1 aromatic rings. The van der Waals surface area contributed by atoms with Crippen LogP contribution in [0.1, 0.15) is 60.9 Å². The summed E-state index contributed by atoms with van der Waals surface area (Å²) in [5.41, 5.74) is 2.13. The SMILES string of the molecule is CNC(=O)c1cccc(NC(=O)N(CC2CCCCC2)C2CC2)c1C. The number of carbonyl (C=O) groups is 2. The summed E-state index contributed by atoms with van der Waals surface area (Å²) in [5.74, 6) is 0.508. The fourth-order valence-electron chi connectivity index (χ4n) is 3.77. The molecule has 1 aromatic carbocycles. The number of anilines is 1. The molecule has 2 N–H and O–H groups in total. The van der Waals surface area contributed by atoms with Gasteiger partial charge in [-0.3, -0.25) is 4.79 Å². The Morgan fingerprint density at radius 1 is 1.12 bits per heavy atom. The summed E-state index contributed by atoms with van der Waals surface area (Å²) >= 11 is 0. The Hall–Kier alpha value is -2.04. The van der Waals surface area contributed by atoms with Gasteiger partial charge in [-0.15, -0.1) is 0 Å². The summed E-state index contributed by atoms with van der Waals surface area (Å²) < 4.78 is 0. The Labute approximate surface area is 150 Å². The molecular weight excluding hydrogens is 314 g/mol. The molecule has 0 bridgehead atoms. The molecule has 0 heterocycles. The van der Waals surface area contributed by atoms with Crippen molar-refractivity contribution in [3.63, 3.8) is 0 Å². The first-order chi connectivity index (χ1) is 12.1. The largest absolute Gasteiger partial charge is 0.355 e. The average molecular weight is 343 g/mol. The zero-order valence-electron chi connectivity index (χ0n) is 15.3. The van der Waals surface area contributed by atoms with Gasteiger partial charge in [0.1, 0.15) is 0 Å². The van der Waals surface area contributed by atoms with E-state index in [1.54, 1.807) is 13.1 Å². The molecule has 5 heteroatoms. The van der Waals surface area contributed by atoms with Gasteiger partial charge in [-0.2, -0.15) is 0 Å². The van der Waals surface area contributed by atoms with Crippen LogP contribution in [0.3, 0.4) is 0 Å². The number of benzene rings is 1. The van der Waals surface area contributed by atoms with Crippen LogP contribution in [0.5, 0.6) is 0 Å². The molecule has 2 saturated carbocycles. The molecule has 3 rings (SSSR count). The number of amides is 3. The highest BCUT2D eigenvalue weighted by molar-refractivity contribution is 5.99. The van der Waals surface area contributed by atoms with Gasteiger partial charge in [0, 0.05) is 30.9 Å². The number of carbonyl (C=O) groups excluding carboxylic acids is 2. The van der Waals surface area contributed by atoms with E-state index in [1.165, 1.54) is 32.1 Å². The van der Waals surface area contributed by atoms with Crippen molar-refractivity contribution in [1.82, 2.24) is 10.2 Å². The summed E-state index contributed by atoms with van der Waals surface area (Å²) in [4.78, 5) is 26.9. The maximum Gasteiger partial charge on any atom is 0.322 e. The third-order valence-corrected chi connectivity index (χ3v) is 5.48. The zero-order valence-corrected chi connectivity index (χ0v) is 15.3. The van der Waals surface area contributed by atoms with E-state index in [9.17, 15) is 9.59 Å². The van der Waals surface area contributed by atoms with Crippen molar-refractivity contribution in [1.29, 1.82) is 0 Å². The van der Waals surface area contributed by atoms with E-state index in [-0.39, 0.29) is 11.9 Å². The highest BCUT2D eigenvalue weighted by Gasteiger charge is 2.34. The van der Waals surface area contributed by atoms with Crippen LogP contribution in [-0.2, 0) is 0 Å². The predicted molar refractivity (Wildman–Crippen MR) is 99.9 cm³/mol. The summed E-state index contributed by atoms with van der Waals surface area (Å²) in [6.45, 7) is 2.74. The second-order valence-electron chi connectivity index (χ2n) is 7.37. The van der Waals surface area contributed by atoms with E-state index in [0.29, 0.717) is 17.5 Å². The summed E-state index contributed by atoms with van der Waals surface area (Å²) in [5, 5.41) is 5.69. The lowest BCUT2D eigenvalue weighted by Gasteiger charge is -2.30. The number of urea groups is 1. The standard InChI is InChI=1S/C20H29N3O2/c1-14-17(19(24)21-2)9-6-10-18(14)22-20(25)23(16-11-12-16)13-15-7-4-3-5-8-15/h6,9-10,15-16H,3-5,7-8,11-13H2,1-2H3,(H,21,24)(H,22,25). The number of nitrogens with zero attached hydrogens (tertiary/aromatic N) is 1. The van der Waals surface area contributed by atoms with Gasteiger partial charge in [-0.05, 0) is 56.2 Å². The van der Waals surface area contributed by atoms with Crippen LogP contribution in [0, 0.1) is 12.8 Å². The van der Waals surface area contributed by atoms with Gasteiger partial charge in [0.15, 0.2) is 0 Å². The smallest absolute Gasteiger partial charge is 0.322 e. The van der Waals surface area contributed by atoms with E-state index in [1.807, 2.05) is 24.0 Å². The number of rotatable bonds is 5. The number of hydrogen-bond donors (Lipinski definition) is 2. The van der Waals surface area contributed by atoms with Crippen LogP contribution >= 0.6 is 0 Å². The van der Waals surface area contributed by atoms with Gasteiger partial charge < -0.3 is 15.5 Å². The minimum absolute atomic E-state index is 0.0229. The first-order valence-electron chi connectivity index (χ1n) is 9.49. The van der Waals surface area contributed by atoms with Gasteiger partial charge >= 0.3 is 6.03 Å². The highest BCUT2D eigenvalue weighted by Crippen LogP contribution is 2.32. The topological polar surface area (TPSA) is 61.4 Å². The molecular formula is C20H29N3O2. The summed E-state index contributed by atoms with van der Waals surface area (Å²) in [6.07, 6.45) is 8.60. The Balaban J connectivity index is 1.70. The molecule has 0 saturated heterocycles. The zero-order chi connectivity index (χ0) is 17.8. The van der Waals surface area contributed by atoms with E-state index < -0.39 is 0 Å². The number of nitrogens with one attached hydrogen (secondary N) is 2. The van der Waals surface area contributed by atoms with E-state index in [4.69, 9.17) is 0 Å². The molecule has 5 nitrogen and oxygen atoms in total. The van der Waals surface area contributed by atoms with Crippen LogP contribution in [0.2, 0.25) is 0 Å². The second kappa shape index (κ2) is 7.89. The van der Waals surface area contributed by atoms with Crippen molar-refractivity contribution in [3.05, 3.63) is 29.3 Å². The molecule has 2 aliphatic carbocycles. The Kier molecular flexibility index (Phi) is 5.61. The van der Waals surface area contributed by atoms with Crippen LogP contribution in [0.25, 0.3) is 0 Å². The molecule has 0 unspecified atom stereocenters. The Morgan fingerprint density at radius 2 is 1.84 bits per heavy atom. The van der Waals surface area contributed by atoms with Gasteiger partial charge in [0.05, 0.1) is 0 Å². The van der Waals surface area contributed by atoms with Gasteiger partial charge in [-0.1, -0.05) is 25.3 Å². The van der Waals surface area contributed by atoms with Crippen LogP contribution in [0.4, 0.5) is 10.5 Å². The van der Waals surface area contributed by atoms with Crippen molar-refractivity contribution < 1.29 is 9.59 Å². The molecule has 2 fully saturated rings. The van der Waals surface area contributed by atoms with Crippen molar-refractivity contribution >= 4 is 17.6 Å². The van der Waals surface area contributed by atoms with Gasteiger partial charge in [0.25, 0.3) is 5.91 Å². The van der Waals surface area contributed by atoms with E-state index in [2.05, 4.69) is 10.6 Å². The van der Waals surface area contributed by atoms with Crippen molar-refractivity contribution in [2.75, 3.05) is 18.9 Å². The maximum absolute atomic E-state index is 12.9. The third-order valence-electron chi connectivity index (χ3n) is 5.48. The molecule has 0 spiro atoms. The van der Waals surface area contributed by atoms with E-state index in [0.717, 1.165) is 30.6 Å². The second-order valence-corrected chi connectivity index (χ2v) is 7.37. The molecule has 0 atom stereocenters. The average Bonchev–Trinajstić information content (AvgIpc) is 3.46. The van der Waals surface area contributed by atoms with Crippen LogP contribution < -0.4 is 10.6 Å². The molecule has 0 aliphatic heterocycles. The fourth-order valence-corrected chi connectivity index (χ4v) is 3.77. The maximum atomic E-state index is 12.9. The first kappa shape index (κ1) is 17.8. The molecule has 136 valence electrons. The first-order valence-corrected chi connectivity index (χ1v) is 9.49. The van der Waals surface area contributed by atoms with Crippen molar-refractivity contribution in [2.45, 2.75) is 57.9 Å². The number of hydrogen-bond acceptors (Lipinski definition) is 2. The minimum Gasteiger partial charge on any atom is -0.355 e. The van der Waals surface area contributed by atoms with Crippen molar-refractivity contribution in [2.24, 2.45) is 5.92 Å². The molecule has 2 aliphatic rings. The van der Waals surface area contributed by atoms with Crippen LogP contribution in [-0.4, -0.2) is 36.5 Å². The Morgan fingerprint density at radius 3 is 2.48 bits per heavy atom. The molecule has 0 aromatic heterocycles. The lowest BCUT2D eigenvalue weighted by molar-refractivity contribution is 0.0962. The van der Waals surface area contributed by atoms with E-state index >= 15 is 0 Å². The summed E-state index contributed by atoms with van der Waals surface area (Å²) in [7, 11) is 1.62. The highest BCUT2D eigenvalue weighted by atomic mass is 16.2. The minimum atomic E-state index is -0.130. The van der Waals surface area contributed by atoms with Gasteiger partial charge in [0.2, 0.25) is 0 Å². The lowest BCUT2D eigenvalue weighted by atomic mass is 9.89.